The molecule has 1 rings (SSSR count). The predicted molar refractivity (Wildman–Crippen MR) is 32.3 cm³/mol. The molecule has 0 atom stereocenters. The molecule has 0 aliphatic heterocycles. The van der Waals surface area contributed by atoms with Crippen LogP contribution in [-0.2, 0) is 16.3 Å². The molecule has 0 fully saturated rings. The van der Waals surface area contributed by atoms with Crippen LogP contribution in [0.5, 0.6) is 0 Å². The van der Waals surface area contributed by atoms with Crippen molar-refractivity contribution in [1.82, 2.24) is 4.98 Å². The van der Waals surface area contributed by atoms with E-state index >= 15 is 0 Å². The third kappa shape index (κ3) is 10.2. The molecule has 0 amide bonds. The second kappa shape index (κ2) is 6.28. The normalized spacial score (nSPS) is 7.20. The van der Waals surface area contributed by atoms with Gasteiger partial charge in [0, 0.05) is 12.4 Å². The van der Waals surface area contributed by atoms with E-state index in [2.05, 4.69) is 4.98 Å². The Labute approximate surface area is 67.1 Å². The minimum Gasteiger partial charge on any atom is -0.265 e. The largest absolute Gasteiger partial charge is 0.265 e. The van der Waals surface area contributed by atoms with E-state index in [1.807, 2.05) is 34.5 Å². The standard InChI is InChI=1S/C5H5N.CHO2.Cr/c1-2-4-6-5-3-1;2-1-3;/h1-5H;(H,2,3);. The van der Waals surface area contributed by atoms with Gasteiger partial charge in [0.15, 0.2) is 0 Å². The third-order valence-electron chi connectivity index (χ3n) is 0.566. The van der Waals surface area contributed by atoms with Crippen LogP contribution in [0.3, 0.4) is 0 Å². The van der Waals surface area contributed by atoms with Crippen molar-refractivity contribution in [1.29, 1.82) is 0 Å². The van der Waals surface area contributed by atoms with Crippen LogP contribution in [0, 0.1) is 0 Å². The van der Waals surface area contributed by atoms with Crippen molar-refractivity contribution in [2.45, 2.75) is 0 Å². The van der Waals surface area contributed by atoms with Crippen LogP contribution in [0.2, 0.25) is 0 Å². The molecule has 0 unspecified atom stereocenters. The van der Waals surface area contributed by atoms with Crippen LogP contribution in [0.15, 0.2) is 30.6 Å². The van der Waals surface area contributed by atoms with Gasteiger partial charge >= 0.3 is 31.0 Å². The minimum atomic E-state index is -0.958. The summed E-state index contributed by atoms with van der Waals surface area (Å²) in [6, 6.07) is 5.72. The van der Waals surface area contributed by atoms with E-state index in [1.54, 1.807) is 12.4 Å². The number of nitrogens with zero attached hydrogens (tertiary/aromatic N) is 1. The molecule has 0 saturated carbocycles. The summed E-state index contributed by atoms with van der Waals surface area (Å²) in [6.07, 6.45) is 3.50. The topological polar surface area (TPSA) is 50.2 Å². The minimum absolute atomic E-state index is 0.958. The Kier molecular flexibility index (Phi) is 5.74. The van der Waals surface area contributed by atoms with E-state index in [0.29, 0.717) is 0 Å². The van der Waals surface area contributed by atoms with E-state index in [1.165, 1.54) is 0 Å². The summed E-state index contributed by atoms with van der Waals surface area (Å²) in [5, 5.41) is 7.36. The van der Waals surface area contributed by atoms with Crippen LogP contribution in [0.1, 0.15) is 0 Å². The Morgan fingerprint density at radius 2 is 1.70 bits per heavy atom. The molecule has 53 valence electrons. The van der Waals surface area contributed by atoms with Crippen LogP contribution in [-0.4, -0.2) is 14.9 Å². The fourth-order valence-corrected chi connectivity index (χ4v) is 0.313. The number of rotatable bonds is 0. The van der Waals surface area contributed by atoms with Crippen molar-refractivity contribution in [2.24, 2.45) is 0 Å². The van der Waals surface area contributed by atoms with E-state index in [-0.39, 0.29) is 0 Å². The van der Waals surface area contributed by atoms with E-state index < -0.39 is 4.83 Å². The molecule has 3 nitrogen and oxygen atoms in total. The van der Waals surface area contributed by atoms with Gasteiger partial charge in [-0.05, 0) is 12.1 Å². The molecule has 10 heavy (non-hydrogen) atoms. The van der Waals surface area contributed by atoms with Crippen molar-refractivity contribution in [3.05, 3.63) is 30.6 Å². The van der Waals surface area contributed by atoms with Crippen LogP contribution >= 0.6 is 0 Å². The molecule has 1 heterocycles. The monoisotopic (exact) mass is 176 g/mol. The van der Waals surface area contributed by atoms with Gasteiger partial charge in [-0.25, -0.2) is 0 Å². The van der Waals surface area contributed by atoms with Gasteiger partial charge in [-0.2, -0.15) is 0 Å². The quantitative estimate of drug-likeness (QED) is 0.648. The van der Waals surface area contributed by atoms with E-state index in [4.69, 9.17) is 9.90 Å². The summed E-state index contributed by atoms with van der Waals surface area (Å²) in [5.74, 6) is 0. The number of aromatic nitrogens is 1. The van der Waals surface area contributed by atoms with Gasteiger partial charge in [-0.15, -0.1) is 0 Å². The number of carboxylic acid groups (broad SMARTS) is 1. The second-order valence-corrected chi connectivity index (χ2v) is 1.84. The zero-order chi connectivity index (χ0) is 7.82. The number of carbonyl (C=O) groups is 1. The second-order valence-electron chi connectivity index (χ2n) is 1.29. The third-order valence-corrected chi connectivity index (χ3v) is 0.566. The van der Waals surface area contributed by atoms with Gasteiger partial charge < -0.3 is 0 Å². The smallest absolute Gasteiger partial charge is 0.0267 e. The maximum absolute atomic E-state index is 8.94. The first kappa shape index (κ1) is 9.15. The van der Waals surface area contributed by atoms with E-state index in [0.717, 1.165) is 0 Å². The maximum atomic E-state index is 8.94. The van der Waals surface area contributed by atoms with Gasteiger partial charge in [-0.3, -0.25) is 4.98 Å². The van der Waals surface area contributed by atoms with E-state index in [9.17, 15) is 0 Å². The van der Waals surface area contributed by atoms with Crippen LogP contribution < -0.4 is 0 Å². The average molecular weight is 176 g/mol. The van der Waals surface area contributed by atoms with Gasteiger partial charge in [0.2, 0.25) is 0 Å². The molecule has 0 aliphatic carbocycles. The molecule has 4 heteroatoms. The molecule has 0 bridgehead atoms. The van der Waals surface area contributed by atoms with Crippen molar-refractivity contribution in [3.8, 4) is 0 Å². The Bertz CT molecular complexity index is 148. The number of hydrogen-bond donors (Lipinski definition) is 1. The molecule has 0 radical (unpaired) electrons. The molecular formula is C6H6CrNO2. The Morgan fingerprint density at radius 1 is 1.30 bits per heavy atom. The fourth-order valence-electron chi connectivity index (χ4n) is 0.313. The first-order valence-corrected chi connectivity index (χ1v) is 3.12. The van der Waals surface area contributed by atoms with Crippen molar-refractivity contribution in [3.63, 3.8) is 0 Å². The molecule has 0 aliphatic rings. The van der Waals surface area contributed by atoms with Crippen LogP contribution in [0.25, 0.3) is 0 Å². The molecule has 1 aromatic rings. The Morgan fingerprint density at radius 3 is 1.80 bits per heavy atom. The van der Waals surface area contributed by atoms with Gasteiger partial charge in [0.05, 0.1) is 0 Å². The molecule has 0 aromatic carbocycles. The predicted octanol–water partition coefficient (Wildman–Crippen LogP) is 1.29. The number of pyridine rings is 1. The molecule has 1 N–H and O–H groups in total. The van der Waals surface area contributed by atoms with Crippen molar-refractivity contribution in [2.75, 3.05) is 0 Å². The van der Waals surface area contributed by atoms with Crippen LogP contribution in [0.4, 0.5) is 4.79 Å². The average Bonchev–Trinajstić information content (AvgIpc) is 1.90. The zero-order valence-electron chi connectivity index (χ0n) is 5.10. The van der Waals surface area contributed by atoms with Crippen molar-refractivity contribution < 1.29 is 26.2 Å². The summed E-state index contributed by atoms with van der Waals surface area (Å²) in [7, 11) is 0. The summed E-state index contributed by atoms with van der Waals surface area (Å²) in [6.45, 7) is 0. The Balaban J connectivity index is 0.000000180. The molecule has 0 spiro atoms. The molecule has 0 saturated heterocycles. The Hall–Kier alpha value is -0.848. The van der Waals surface area contributed by atoms with Gasteiger partial charge in [-0.1, -0.05) is 6.07 Å². The maximum Gasteiger partial charge on any atom is 0.0267 e. The molecular weight excluding hydrogens is 170 g/mol. The summed E-state index contributed by atoms with van der Waals surface area (Å²) < 4.78 is 0. The zero-order valence-corrected chi connectivity index (χ0v) is 6.37. The van der Waals surface area contributed by atoms with Gasteiger partial charge in [0.1, 0.15) is 0 Å². The SMILES string of the molecule is O=[C](O)[Cr].c1ccncc1. The summed E-state index contributed by atoms with van der Waals surface area (Å²) in [4.78, 5) is 11.8. The summed E-state index contributed by atoms with van der Waals surface area (Å²) in [5.41, 5.74) is 0. The number of hydrogen-bond acceptors (Lipinski definition) is 2. The molecule has 1 aromatic heterocycles. The first-order valence-electron chi connectivity index (χ1n) is 2.48. The fraction of sp³-hybridized carbons (Fsp3) is 0. The van der Waals surface area contributed by atoms with Gasteiger partial charge in [0.25, 0.3) is 0 Å². The summed E-state index contributed by atoms with van der Waals surface area (Å²) >= 11 is 1.82. The van der Waals surface area contributed by atoms with Crippen molar-refractivity contribution >= 4 is 4.83 Å². The first-order chi connectivity index (χ1) is 4.73.